The van der Waals surface area contributed by atoms with Crippen molar-refractivity contribution < 1.29 is 4.79 Å². The molecule has 1 aromatic heterocycles. The van der Waals surface area contributed by atoms with Crippen LogP contribution in [0, 0.1) is 0 Å². The zero-order valence-corrected chi connectivity index (χ0v) is 10.8. The number of unbranched alkanes of at least 4 members (excludes halogenated alkanes) is 2. The molecular weight excluding hydrogens is 212 g/mol. The van der Waals surface area contributed by atoms with Gasteiger partial charge < -0.3 is 5.32 Å². The molecule has 0 aromatic carbocycles. The summed E-state index contributed by atoms with van der Waals surface area (Å²) in [5, 5.41) is 2.71. The molecule has 1 amide bonds. The number of nitrogens with zero attached hydrogens (tertiary/aromatic N) is 1. The zero-order valence-electron chi connectivity index (χ0n) is 10.8. The summed E-state index contributed by atoms with van der Waals surface area (Å²) in [7, 11) is 0. The molecule has 0 bridgehead atoms. The summed E-state index contributed by atoms with van der Waals surface area (Å²) in [5.74, 6) is 0.738. The first-order valence-electron chi connectivity index (χ1n) is 6.50. The van der Waals surface area contributed by atoms with Crippen LogP contribution in [0.5, 0.6) is 0 Å². The molecule has 94 valence electrons. The monoisotopic (exact) mass is 234 g/mol. The molecule has 3 heteroatoms. The Kier molecular flexibility index (Phi) is 6.30. The van der Waals surface area contributed by atoms with Gasteiger partial charge in [-0.2, -0.15) is 0 Å². The number of aryl methyl sites for hydroxylation is 1. The standard InChI is InChI=1S/C14H22N2O/c1-3-5-7-12-9-10-15-14(16-11-17)13(12)8-6-4-2/h9-11H,3-8H2,1-2H3,(H,15,16,17). The lowest BCUT2D eigenvalue weighted by atomic mass is 9.99. The lowest BCUT2D eigenvalue weighted by Crippen LogP contribution is -2.05. The molecule has 1 aromatic rings. The van der Waals surface area contributed by atoms with E-state index in [1.807, 2.05) is 0 Å². The SMILES string of the molecule is CCCCc1ccnc(NC=O)c1CCCC. The van der Waals surface area contributed by atoms with Gasteiger partial charge in [-0.3, -0.25) is 4.79 Å². The Balaban J connectivity index is 2.91. The predicted molar refractivity (Wildman–Crippen MR) is 71.1 cm³/mol. The highest BCUT2D eigenvalue weighted by Gasteiger charge is 2.08. The van der Waals surface area contributed by atoms with Crippen LogP contribution in [0.4, 0.5) is 5.82 Å². The van der Waals surface area contributed by atoms with Crippen LogP contribution in [0.3, 0.4) is 0 Å². The second-order valence-corrected chi connectivity index (χ2v) is 4.27. The second-order valence-electron chi connectivity index (χ2n) is 4.27. The van der Waals surface area contributed by atoms with Crippen molar-refractivity contribution in [2.24, 2.45) is 0 Å². The fourth-order valence-electron chi connectivity index (χ4n) is 1.95. The van der Waals surface area contributed by atoms with E-state index in [0.717, 1.165) is 31.5 Å². The summed E-state index contributed by atoms with van der Waals surface area (Å²) in [6, 6.07) is 2.08. The van der Waals surface area contributed by atoms with E-state index in [4.69, 9.17) is 0 Å². The average Bonchev–Trinajstić information content (AvgIpc) is 2.35. The average molecular weight is 234 g/mol. The molecule has 0 radical (unpaired) electrons. The molecule has 0 spiro atoms. The Bertz CT molecular complexity index is 350. The summed E-state index contributed by atoms with van der Waals surface area (Å²) in [4.78, 5) is 14.8. The number of aromatic nitrogens is 1. The van der Waals surface area contributed by atoms with Gasteiger partial charge in [0, 0.05) is 6.20 Å². The molecule has 0 saturated heterocycles. The maximum absolute atomic E-state index is 10.6. The van der Waals surface area contributed by atoms with Crippen LogP contribution in [-0.2, 0) is 17.6 Å². The Hall–Kier alpha value is -1.38. The highest BCUT2D eigenvalue weighted by atomic mass is 16.1. The van der Waals surface area contributed by atoms with Gasteiger partial charge in [0.15, 0.2) is 0 Å². The summed E-state index contributed by atoms with van der Waals surface area (Å²) in [6.45, 7) is 4.37. The van der Waals surface area contributed by atoms with E-state index in [2.05, 4.69) is 30.2 Å². The molecule has 0 unspecified atom stereocenters. The minimum atomic E-state index is 0.710. The fraction of sp³-hybridized carbons (Fsp3) is 0.571. The third-order valence-corrected chi connectivity index (χ3v) is 2.93. The van der Waals surface area contributed by atoms with E-state index in [1.165, 1.54) is 24.0 Å². The number of rotatable bonds is 8. The van der Waals surface area contributed by atoms with Gasteiger partial charge in [0.25, 0.3) is 0 Å². The number of hydrogen-bond acceptors (Lipinski definition) is 2. The molecule has 1 rings (SSSR count). The normalized spacial score (nSPS) is 10.2. The minimum Gasteiger partial charge on any atom is -0.313 e. The van der Waals surface area contributed by atoms with E-state index in [-0.39, 0.29) is 0 Å². The maximum Gasteiger partial charge on any atom is 0.212 e. The third-order valence-electron chi connectivity index (χ3n) is 2.93. The van der Waals surface area contributed by atoms with E-state index in [9.17, 15) is 4.79 Å². The van der Waals surface area contributed by atoms with Crippen molar-refractivity contribution in [3.8, 4) is 0 Å². The van der Waals surface area contributed by atoms with Crippen LogP contribution in [-0.4, -0.2) is 11.4 Å². The summed E-state index contributed by atoms with van der Waals surface area (Å²) >= 11 is 0. The predicted octanol–water partition coefficient (Wildman–Crippen LogP) is 3.34. The number of carbonyl (C=O) groups is 1. The highest BCUT2D eigenvalue weighted by Crippen LogP contribution is 2.21. The Morgan fingerprint density at radius 1 is 1.24 bits per heavy atom. The number of hydrogen-bond donors (Lipinski definition) is 1. The van der Waals surface area contributed by atoms with E-state index >= 15 is 0 Å². The molecule has 1 N–H and O–H groups in total. The van der Waals surface area contributed by atoms with Gasteiger partial charge in [0.05, 0.1) is 0 Å². The van der Waals surface area contributed by atoms with Gasteiger partial charge in [-0.05, 0) is 42.9 Å². The van der Waals surface area contributed by atoms with Gasteiger partial charge in [-0.1, -0.05) is 26.7 Å². The summed E-state index contributed by atoms with van der Waals surface area (Å²) in [5.41, 5.74) is 2.55. The van der Waals surface area contributed by atoms with Gasteiger partial charge in [0.2, 0.25) is 6.41 Å². The fourth-order valence-corrected chi connectivity index (χ4v) is 1.95. The molecule has 0 aliphatic carbocycles. The quantitative estimate of drug-likeness (QED) is 0.701. The summed E-state index contributed by atoms with van der Waals surface area (Å²) < 4.78 is 0. The smallest absolute Gasteiger partial charge is 0.212 e. The van der Waals surface area contributed by atoms with Gasteiger partial charge in [-0.25, -0.2) is 4.98 Å². The molecule has 0 atom stereocenters. The van der Waals surface area contributed by atoms with Crippen molar-refractivity contribution in [2.45, 2.75) is 52.4 Å². The van der Waals surface area contributed by atoms with Gasteiger partial charge >= 0.3 is 0 Å². The first-order chi connectivity index (χ1) is 8.33. The number of carbonyl (C=O) groups excluding carboxylic acids is 1. The van der Waals surface area contributed by atoms with Crippen LogP contribution in [0.1, 0.15) is 50.7 Å². The van der Waals surface area contributed by atoms with Crippen LogP contribution in [0.15, 0.2) is 12.3 Å². The molecule has 3 nitrogen and oxygen atoms in total. The van der Waals surface area contributed by atoms with Gasteiger partial charge in [-0.15, -0.1) is 0 Å². The van der Waals surface area contributed by atoms with E-state index < -0.39 is 0 Å². The topological polar surface area (TPSA) is 42.0 Å². The van der Waals surface area contributed by atoms with Crippen molar-refractivity contribution in [2.75, 3.05) is 5.32 Å². The zero-order chi connectivity index (χ0) is 12.5. The first-order valence-corrected chi connectivity index (χ1v) is 6.50. The molecular formula is C14H22N2O. The molecule has 0 aliphatic rings. The number of nitrogens with one attached hydrogen (secondary N) is 1. The molecule has 0 aliphatic heterocycles. The van der Waals surface area contributed by atoms with Crippen molar-refractivity contribution >= 4 is 12.2 Å². The lowest BCUT2D eigenvalue weighted by Gasteiger charge is -2.12. The number of pyridine rings is 1. The van der Waals surface area contributed by atoms with Crippen LogP contribution < -0.4 is 5.32 Å². The highest BCUT2D eigenvalue weighted by molar-refractivity contribution is 5.71. The second kappa shape index (κ2) is 7.82. The Morgan fingerprint density at radius 2 is 1.94 bits per heavy atom. The van der Waals surface area contributed by atoms with E-state index in [1.54, 1.807) is 6.20 Å². The lowest BCUT2D eigenvalue weighted by molar-refractivity contribution is -0.105. The molecule has 1 heterocycles. The van der Waals surface area contributed by atoms with Crippen LogP contribution >= 0.6 is 0 Å². The Morgan fingerprint density at radius 3 is 2.59 bits per heavy atom. The molecule has 0 saturated carbocycles. The van der Waals surface area contributed by atoms with Crippen molar-refractivity contribution in [1.29, 1.82) is 0 Å². The third kappa shape index (κ3) is 4.17. The van der Waals surface area contributed by atoms with Crippen LogP contribution in [0.2, 0.25) is 0 Å². The van der Waals surface area contributed by atoms with Crippen molar-refractivity contribution in [3.63, 3.8) is 0 Å². The van der Waals surface area contributed by atoms with E-state index in [0.29, 0.717) is 6.41 Å². The van der Waals surface area contributed by atoms with Crippen LogP contribution in [0.25, 0.3) is 0 Å². The maximum atomic E-state index is 10.6. The Labute approximate surface area is 104 Å². The van der Waals surface area contributed by atoms with Gasteiger partial charge in [0.1, 0.15) is 5.82 Å². The largest absolute Gasteiger partial charge is 0.313 e. The summed E-state index contributed by atoms with van der Waals surface area (Å²) in [6.07, 6.45) is 9.23. The molecule has 0 fully saturated rings. The number of anilines is 1. The molecule has 17 heavy (non-hydrogen) atoms. The number of amides is 1. The minimum absolute atomic E-state index is 0.710. The van der Waals surface area contributed by atoms with Crippen molar-refractivity contribution in [3.05, 3.63) is 23.4 Å². The van der Waals surface area contributed by atoms with Crippen molar-refractivity contribution in [1.82, 2.24) is 4.98 Å². The first kappa shape index (κ1) is 13.7.